The molecule has 1 saturated carbocycles. The van der Waals surface area contributed by atoms with Gasteiger partial charge in [0.25, 0.3) is 0 Å². The van der Waals surface area contributed by atoms with Gasteiger partial charge >= 0.3 is 0 Å². The second kappa shape index (κ2) is 10.9. The minimum atomic E-state index is 0. The van der Waals surface area contributed by atoms with Crippen LogP contribution >= 0.6 is 24.0 Å². The average Bonchev–Trinajstić information content (AvgIpc) is 3.13. The van der Waals surface area contributed by atoms with Gasteiger partial charge in [-0.2, -0.15) is 0 Å². The van der Waals surface area contributed by atoms with E-state index in [0.717, 1.165) is 25.0 Å². The summed E-state index contributed by atoms with van der Waals surface area (Å²) >= 11 is 0. The fraction of sp³-hybridized carbons (Fsp3) is 0.706. The first kappa shape index (κ1) is 19.3. The first-order valence-corrected chi connectivity index (χ1v) is 8.33. The molecular weight excluding hydrogens is 387 g/mol. The summed E-state index contributed by atoms with van der Waals surface area (Å²) in [7, 11) is 3.87. The van der Waals surface area contributed by atoms with Gasteiger partial charge in [0.05, 0.1) is 0 Å². The fourth-order valence-electron chi connectivity index (χ4n) is 3.14. The van der Waals surface area contributed by atoms with E-state index < -0.39 is 0 Å². The molecule has 0 radical (unpaired) electrons. The monoisotopic (exact) mass is 418 g/mol. The number of unbranched alkanes of at least 4 members (excludes halogenated alkanes) is 1. The van der Waals surface area contributed by atoms with Crippen LogP contribution in [0.2, 0.25) is 0 Å². The van der Waals surface area contributed by atoms with Gasteiger partial charge in [0, 0.05) is 39.6 Å². The lowest BCUT2D eigenvalue weighted by atomic mass is 10.0. The lowest BCUT2D eigenvalue weighted by molar-refractivity contribution is 0.472. The van der Waals surface area contributed by atoms with Crippen molar-refractivity contribution in [2.45, 2.75) is 51.5 Å². The molecule has 0 aliphatic heterocycles. The zero-order chi connectivity index (χ0) is 14.9. The smallest absolute Gasteiger partial charge is 0.191 e. The quantitative estimate of drug-likeness (QED) is 0.307. The van der Waals surface area contributed by atoms with Gasteiger partial charge in [-0.05, 0) is 24.0 Å². The van der Waals surface area contributed by atoms with Gasteiger partial charge in [-0.1, -0.05) is 38.5 Å². The first-order valence-electron chi connectivity index (χ1n) is 8.33. The lowest BCUT2D eigenvalue weighted by Crippen LogP contribution is -2.37. The van der Waals surface area contributed by atoms with E-state index in [9.17, 15) is 0 Å². The summed E-state index contributed by atoms with van der Waals surface area (Å²) in [5.74, 6) is 1.92. The predicted molar refractivity (Wildman–Crippen MR) is 105 cm³/mol. The Morgan fingerprint density at radius 1 is 1.27 bits per heavy atom. The van der Waals surface area contributed by atoms with Crippen molar-refractivity contribution in [1.82, 2.24) is 15.2 Å². The van der Waals surface area contributed by atoms with E-state index in [0.29, 0.717) is 0 Å². The molecule has 4 nitrogen and oxygen atoms in total. The number of halogens is 1. The molecule has 0 spiro atoms. The number of rotatable bonds is 7. The van der Waals surface area contributed by atoms with Crippen molar-refractivity contribution in [1.29, 1.82) is 0 Å². The van der Waals surface area contributed by atoms with Crippen molar-refractivity contribution in [3.63, 3.8) is 0 Å². The molecule has 1 fully saturated rings. The number of hydrogen-bond acceptors (Lipinski definition) is 1. The van der Waals surface area contributed by atoms with Crippen LogP contribution in [0.4, 0.5) is 0 Å². The Bertz CT molecular complexity index is 436. The maximum Gasteiger partial charge on any atom is 0.191 e. The number of aryl methyl sites for hydroxylation is 1. The minimum absolute atomic E-state index is 0. The summed E-state index contributed by atoms with van der Waals surface area (Å²) in [4.78, 5) is 4.27. The van der Waals surface area contributed by atoms with Crippen molar-refractivity contribution in [3.8, 4) is 0 Å². The predicted octanol–water partition coefficient (Wildman–Crippen LogP) is 3.67. The van der Waals surface area contributed by atoms with Gasteiger partial charge in [0.1, 0.15) is 0 Å². The highest BCUT2D eigenvalue weighted by Gasteiger charge is 2.13. The van der Waals surface area contributed by atoms with Crippen LogP contribution in [-0.4, -0.2) is 24.1 Å². The molecule has 1 heterocycles. The molecule has 5 heteroatoms. The summed E-state index contributed by atoms with van der Waals surface area (Å²) in [6.45, 7) is 1.84. The number of nitrogens with one attached hydrogen (secondary N) is 2. The van der Waals surface area contributed by atoms with Gasteiger partial charge in [-0.25, -0.2) is 0 Å². The zero-order valence-corrected chi connectivity index (χ0v) is 16.3. The van der Waals surface area contributed by atoms with Gasteiger partial charge in [0.2, 0.25) is 0 Å². The summed E-state index contributed by atoms with van der Waals surface area (Å²) in [5.41, 5.74) is 1.28. The second-order valence-corrected chi connectivity index (χ2v) is 6.18. The highest BCUT2D eigenvalue weighted by atomic mass is 127. The van der Waals surface area contributed by atoms with E-state index in [1.54, 1.807) is 0 Å². The van der Waals surface area contributed by atoms with E-state index in [2.05, 4.69) is 38.7 Å². The molecule has 1 aromatic heterocycles. The number of aromatic nitrogens is 1. The highest BCUT2D eigenvalue weighted by Crippen LogP contribution is 2.28. The summed E-state index contributed by atoms with van der Waals surface area (Å²) in [6.07, 6.45) is 14.0. The summed E-state index contributed by atoms with van der Waals surface area (Å²) in [6, 6.07) is 2.13. The molecular formula is C17H31IN4. The molecule has 22 heavy (non-hydrogen) atoms. The van der Waals surface area contributed by atoms with Crippen molar-refractivity contribution in [3.05, 3.63) is 24.0 Å². The van der Waals surface area contributed by atoms with E-state index in [-0.39, 0.29) is 24.0 Å². The van der Waals surface area contributed by atoms with Gasteiger partial charge in [-0.15, -0.1) is 24.0 Å². The Labute approximate surface area is 152 Å². The van der Waals surface area contributed by atoms with E-state index in [4.69, 9.17) is 0 Å². The number of guanidine groups is 1. The average molecular weight is 418 g/mol. The van der Waals surface area contributed by atoms with Crippen LogP contribution < -0.4 is 10.6 Å². The SMILES string of the molecule is CN=C(NCCCCC1CCCC1)NCc1ccn(C)c1.I. The van der Waals surface area contributed by atoms with Crippen LogP contribution in [0.15, 0.2) is 23.5 Å². The van der Waals surface area contributed by atoms with Crippen LogP contribution in [0.25, 0.3) is 0 Å². The fourth-order valence-corrected chi connectivity index (χ4v) is 3.14. The van der Waals surface area contributed by atoms with Crippen LogP contribution in [0.3, 0.4) is 0 Å². The Morgan fingerprint density at radius 2 is 2.05 bits per heavy atom. The normalized spacial score (nSPS) is 15.6. The topological polar surface area (TPSA) is 41.4 Å². The molecule has 0 unspecified atom stereocenters. The number of hydrogen-bond donors (Lipinski definition) is 2. The van der Waals surface area contributed by atoms with Gasteiger partial charge < -0.3 is 15.2 Å². The molecule has 0 atom stereocenters. The van der Waals surface area contributed by atoms with Crippen molar-refractivity contribution >= 4 is 29.9 Å². The van der Waals surface area contributed by atoms with Crippen LogP contribution in [0, 0.1) is 5.92 Å². The molecule has 0 saturated heterocycles. The largest absolute Gasteiger partial charge is 0.357 e. The maximum atomic E-state index is 4.27. The van der Waals surface area contributed by atoms with Crippen molar-refractivity contribution in [2.75, 3.05) is 13.6 Å². The second-order valence-electron chi connectivity index (χ2n) is 6.18. The molecule has 0 amide bonds. The molecule has 1 aliphatic rings. The zero-order valence-electron chi connectivity index (χ0n) is 14.0. The third kappa shape index (κ3) is 7.03. The highest BCUT2D eigenvalue weighted by molar-refractivity contribution is 14.0. The first-order chi connectivity index (χ1) is 10.3. The number of nitrogens with zero attached hydrogens (tertiary/aromatic N) is 2. The molecule has 126 valence electrons. The van der Waals surface area contributed by atoms with Gasteiger partial charge in [0.15, 0.2) is 5.96 Å². The van der Waals surface area contributed by atoms with E-state index in [1.807, 2.05) is 14.1 Å². The lowest BCUT2D eigenvalue weighted by Gasteiger charge is -2.12. The third-order valence-electron chi connectivity index (χ3n) is 4.38. The molecule has 1 aromatic rings. The summed E-state index contributed by atoms with van der Waals surface area (Å²) < 4.78 is 2.07. The van der Waals surface area contributed by atoms with E-state index >= 15 is 0 Å². The molecule has 2 N–H and O–H groups in total. The Morgan fingerprint density at radius 3 is 2.68 bits per heavy atom. The molecule has 0 aromatic carbocycles. The van der Waals surface area contributed by atoms with Crippen molar-refractivity contribution in [2.24, 2.45) is 18.0 Å². The standard InChI is InChI=1S/C17H30N4.HI/c1-18-17(20-13-16-10-12-21(2)14-16)19-11-6-5-9-15-7-3-4-8-15;/h10,12,14-15H,3-9,11,13H2,1-2H3,(H2,18,19,20);1H. The Kier molecular flexibility index (Phi) is 9.59. The summed E-state index contributed by atoms with van der Waals surface area (Å²) in [5, 5.41) is 6.76. The van der Waals surface area contributed by atoms with Gasteiger partial charge in [-0.3, -0.25) is 4.99 Å². The maximum absolute atomic E-state index is 4.27. The minimum Gasteiger partial charge on any atom is -0.357 e. The van der Waals surface area contributed by atoms with Crippen LogP contribution in [-0.2, 0) is 13.6 Å². The Balaban J connectivity index is 0.00000242. The van der Waals surface area contributed by atoms with Crippen LogP contribution in [0.1, 0.15) is 50.5 Å². The molecule has 1 aliphatic carbocycles. The van der Waals surface area contributed by atoms with Crippen LogP contribution in [0.5, 0.6) is 0 Å². The molecule has 0 bridgehead atoms. The molecule has 2 rings (SSSR count). The van der Waals surface area contributed by atoms with E-state index in [1.165, 1.54) is 50.5 Å². The number of aliphatic imine (C=N–C) groups is 1. The van der Waals surface area contributed by atoms with Crippen molar-refractivity contribution < 1.29 is 0 Å². The Hall–Kier alpha value is -0.720. The third-order valence-corrected chi connectivity index (χ3v) is 4.38.